The molecule has 1 rings (SSSR count). The van der Waals surface area contributed by atoms with E-state index in [2.05, 4.69) is 6.92 Å². The molecule has 0 amide bonds. The lowest BCUT2D eigenvalue weighted by Crippen LogP contribution is -2.06. The quantitative estimate of drug-likeness (QED) is 0.608. The van der Waals surface area contributed by atoms with Crippen LogP contribution in [0.1, 0.15) is 48.5 Å². The molecule has 0 fully saturated rings. The van der Waals surface area contributed by atoms with E-state index in [1.165, 1.54) is 0 Å². The molecule has 0 bridgehead atoms. The maximum Gasteiger partial charge on any atom is 0.341 e. The highest BCUT2D eigenvalue weighted by Crippen LogP contribution is 2.19. The van der Waals surface area contributed by atoms with E-state index in [1.807, 2.05) is 6.92 Å². The van der Waals surface area contributed by atoms with Crippen LogP contribution >= 0.6 is 0 Å². The fraction of sp³-hybridized carbons (Fsp3) is 0.500. The number of ether oxygens (including phenoxy) is 1. The van der Waals surface area contributed by atoms with E-state index in [-0.39, 0.29) is 11.3 Å². The topological polar surface area (TPSA) is 46.5 Å². The molecule has 0 spiro atoms. The molecule has 0 heterocycles. The zero-order valence-corrected chi connectivity index (χ0v) is 10.5. The van der Waals surface area contributed by atoms with Crippen molar-refractivity contribution in [2.45, 2.75) is 39.5 Å². The minimum absolute atomic E-state index is 0.0106. The van der Waals surface area contributed by atoms with Crippen LogP contribution < -0.4 is 0 Å². The number of phenols is 1. The smallest absolute Gasteiger partial charge is 0.341 e. The fourth-order valence-electron chi connectivity index (χ4n) is 1.59. The lowest BCUT2D eigenvalue weighted by molar-refractivity contribution is 0.0494. The molecule has 1 N–H and O–H groups in total. The van der Waals surface area contributed by atoms with Crippen molar-refractivity contribution in [2.75, 3.05) is 6.61 Å². The number of benzene rings is 1. The van der Waals surface area contributed by atoms with Gasteiger partial charge in [0.2, 0.25) is 0 Å². The summed E-state index contributed by atoms with van der Waals surface area (Å²) in [7, 11) is 0. The Kier molecular flexibility index (Phi) is 5.53. The van der Waals surface area contributed by atoms with Crippen LogP contribution in [0.5, 0.6) is 5.75 Å². The summed E-state index contributed by atoms with van der Waals surface area (Å²) in [6.07, 6.45) is 4.27. The third-order valence-electron chi connectivity index (χ3n) is 2.60. The number of hydrogen-bond acceptors (Lipinski definition) is 3. The third-order valence-corrected chi connectivity index (χ3v) is 2.60. The Labute approximate surface area is 102 Å². The van der Waals surface area contributed by atoms with Gasteiger partial charge < -0.3 is 9.84 Å². The van der Waals surface area contributed by atoms with Crippen LogP contribution in [0.3, 0.4) is 0 Å². The summed E-state index contributed by atoms with van der Waals surface area (Å²) < 4.78 is 5.10. The van der Waals surface area contributed by atoms with Crippen molar-refractivity contribution in [2.24, 2.45) is 0 Å². The van der Waals surface area contributed by atoms with Crippen LogP contribution in [0.2, 0.25) is 0 Å². The third kappa shape index (κ3) is 4.47. The minimum atomic E-state index is -0.445. The number of esters is 1. The number of phenolic OH excluding ortho intramolecular Hbond substituents is 1. The van der Waals surface area contributed by atoms with Gasteiger partial charge in [0.1, 0.15) is 11.3 Å². The van der Waals surface area contributed by atoms with Crippen LogP contribution in [-0.4, -0.2) is 17.7 Å². The number of rotatable bonds is 6. The second-order valence-corrected chi connectivity index (χ2v) is 4.22. The van der Waals surface area contributed by atoms with Gasteiger partial charge in [-0.2, -0.15) is 0 Å². The van der Waals surface area contributed by atoms with Gasteiger partial charge in [0.05, 0.1) is 6.61 Å². The highest BCUT2D eigenvalue weighted by molar-refractivity contribution is 5.92. The second-order valence-electron chi connectivity index (χ2n) is 4.22. The summed E-state index contributed by atoms with van der Waals surface area (Å²) in [6.45, 7) is 4.42. The van der Waals surface area contributed by atoms with E-state index in [9.17, 15) is 9.90 Å². The molecule has 0 aliphatic rings. The summed E-state index contributed by atoms with van der Waals surface area (Å²) in [5.41, 5.74) is 1.16. The Morgan fingerprint density at radius 1 is 1.29 bits per heavy atom. The minimum Gasteiger partial charge on any atom is -0.507 e. The molecular formula is C14H20O3. The van der Waals surface area contributed by atoms with Crippen LogP contribution in [0, 0.1) is 6.92 Å². The average molecular weight is 236 g/mol. The monoisotopic (exact) mass is 236 g/mol. The van der Waals surface area contributed by atoms with Gasteiger partial charge in [0.25, 0.3) is 0 Å². The predicted molar refractivity (Wildman–Crippen MR) is 67.3 cm³/mol. The number of aryl methyl sites for hydroxylation is 1. The van der Waals surface area contributed by atoms with Gasteiger partial charge in [0, 0.05) is 0 Å². The van der Waals surface area contributed by atoms with Gasteiger partial charge >= 0.3 is 5.97 Å². The zero-order chi connectivity index (χ0) is 12.7. The fourth-order valence-corrected chi connectivity index (χ4v) is 1.59. The van der Waals surface area contributed by atoms with Gasteiger partial charge in [-0.3, -0.25) is 0 Å². The molecular weight excluding hydrogens is 216 g/mol. The summed E-state index contributed by atoms with van der Waals surface area (Å²) in [5.74, 6) is -0.456. The molecule has 1 aromatic carbocycles. The Bertz CT molecular complexity index is 372. The summed E-state index contributed by atoms with van der Waals surface area (Å²) in [4.78, 5) is 11.6. The number of hydrogen-bond donors (Lipinski definition) is 1. The van der Waals surface area contributed by atoms with E-state index >= 15 is 0 Å². The largest absolute Gasteiger partial charge is 0.507 e. The normalized spacial score (nSPS) is 10.2. The molecule has 0 saturated heterocycles. The summed E-state index contributed by atoms with van der Waals surface area (Å²) in [6, 6.07) is 4.94. The van der Waals surface area contributed by atoms with Crippen LogP contribution in [-0.2, 0) is 4.74 Å². The lowest BCUT2D eigenvalue weighted by Gasteiger charge is -2.06. The molecule has 1 aromatic rings. The van der Waals surface area contributed by atoms with Crippen LogP contribution in [0.25, 0.3) is 0 Å². The van der Waals surface area contributed by atoms with Crippen molar-refractivity contribution >= 4 is 5.97 Å². The highest BCUT2D eigenvalue weighted by atomic mass is 16.5. The average Bonchev–Trinajstić information content (AvgIpc) is 2.28. The van der Waals surface area contributed by atoms with Crippen molar-refractivity contribution < 1.29 is 14.6 Å². The molecule has 0 saturated carbocycles. The van der Waals surface area contributed by atoms with Gasteiger partial charge in [-0.05, 0) is 31.0 Å². The van der Waals surface area contributed by atoms with Gasteiger partial charge in [-0.1, -0.05) is 32.3 Å². The molecule has 0 atom stereocenters. The van der Waals surface area contributed by atoms with Gasteiger partial charge in [0.15, 0.2) is 0 Å². The molecule has 0 aliphatic carbocycles. The Morgan fingerprint density at radius 2 is 2.06 bits per heavy atom. The maximum atomic E-state index is 11.6. The summed E-state index contributed by atoms with van der Waals surface area (Å²) >= 11 is 0. The van der Waals surface area contributed by atoms with E-state index in [0.717, 1.165) is 31.2 Å². The summed E-state index contributed by atoms with van der Waals surface area (Å²) in [5, 5.41) is 9.60. The molecule has 0 unspecified atom stereocenters. The van der Waals surface area contributed by atoms with Crippen LogP contribution in [0.4, 0.5) is 0 Å². The molecule has 3 heteroatoms. The molecule has 17 heavy (non-hydrogen) atoms. The first-order valence-electron chi connectivity index (χ1n) is 6.12. The number of carbonyl (C=O) groups is 1. The molecule has 3 nitrogen and oxygen atoms in total. The second kappa shape index (κ2) is 6.94. The SMILES string of the molecule is CCCCCCOC(=O)c1ccc(C)cc1O. The molecule has 0 radical (unpaired) electrons. The standard InChI is InChI=1S/C14H20O3/c1-3-4-5-6-9-17-14(16)12-8-7-11(2)10-13(12)15/h7-8,10,15H,3-6,9H2,1-2H3. The van der Waals surface area contributed by atoms with Gasteiger partial charge in [-0.25, -0.2) is 4.79 Å². The highest BCUT2D eigenvalue weighted by Gasteiger charge is 2.11. The molecule has 0 aromatic heterocycles. The predicted octanol–water partition coefficient (Wildman–Crippen LogP) is 3.44. The first kappa shape index (κ1) is 13.6. The zero-order valence-electron chi connectivity index (χ0n) is 10.5. The van der Waals surface area contributed by atoms with Crippen molar-refractivity contribution in [1.82, 2.24) is 0 Å². The van der Waals surface area contributed by atoms with Crippen molar-refractivity contribution in [3.63, 3.8) is 0 Å². The van der Waals surface area contributed by atoms with Crippen LogP contribution in [0.15, 0.2) is 18.2 Å². The van der Waals surface area contributed by atoms with Crippen molar-refractivity contribution in [3.8, 4) is 5.75 Å². The maximum absolute atomic E-state index is 11.6. The number of unbranched alkanes of at least 4 members (excludes halogenated alkanes) is 3. The van der Waals surface area contributed by atoms with Gasteiger partial charge in [-0.15, -0.1) is 0 Å². The molecule has 0 aliphatic heterocycles. The Hall–Kier alpha value is -1.51. The Morgan fingerprint density at radius 3 is 2.71 bits per heavy atom. The van der Waals surface area contributed by atoms with E-state index < -0.39 is 5.97 Å². The number of carbonyl (C=O) groups excluding carboxylic acids is 1. The van der Waals surface area contributed by atoms with Crippen molar-refractivity contribution in [3.05, 3.63) is 29.3 Å². The Balaban J connectivity index is 2.42. The van der Waals surface area contributed by atoms with Crippen molar-refractivity contribution in [1.29, 1.82) is 0 Å². The molecule has 94 valence electrons. The van der Waals surface area contributed by atoms with E-state index in [1.54, 1.807) is 18.2 Å². The number of aromatic hydroxyl groups is 1. The van der Waals surface area contributed by atoms with E-state index in [0.29, 0.717) is 6.61 Å². The van der Waals surface area contributed by atoms with E-state index in [4.69, 9.17) is 4.74 Å². The first-order chi connectivity index (χ1) is 8.15. The lowest BCUT2D eigenvalue weighted by atomic mass is 10.1. The first-order valence-corrected chi connectivity index (χ1v) is 6.12.